The molecule has 1 aromatic rings. The first-order valence-corrected chi connectivity index (χ1v) is 4.84. The van der Waals surface area contributed by atoms with Gasteiger partial charge < -0.3 is 5.61 Å². The molecule has 0 spiro atoms. The Morgan fingerprint density at radius 1 is 1.25 bits per heavy atom. The summed E-state index contributed by atoms with van der Waals surface area (Å²) >= 11 is 0. The van der Waals surface area contributed by atoms with Crippen molar-refractivity contribution >= 4 is 10.1 Å². The van der Waals surface area contributed by atoms with Crippen molar-refractivity contribution in [1.29, 1.82) is 0 Å². The molecule has 0 bridgehead atoms. The van der Waals surface area contributed by atoms with Crippen LogP contribution < -0.4 is 33.7 Å². The summed E-state index contributed by atoms with van der Waals surface area (Å²) in [7, 11) is -3.38. The number of rotatable bonds is 2. The van der Waals surface area contributed by atoms with Crippen LogP contribution in [0.1, 0.15) is 1.43 Å². The van der Waals surface area contributed by atoms with Gasteiger partial charge in [-0.05, 0) is 12.1 Å². The van der Waals surface area contributed by atoms with E-state index < -0.39 is 10.1 Å². The molecule has 0 aromatic heterocycles. The fourth-order valence-electron chi connectivity index (χ4n) is 0.651. The Kier molecular flexibility index (Phi) is 4.85. The fourth-order valence-corrected chi connectivity index (χ4v) is 1.11. The van der Waals surface area contributed by atoms with Gasteiger partial charge in [0.25, 0.3) is 0 Å². The average Bonchev–Trinajstić information content (AvgIpc) is 1.85. The minimum Gasteiger partial charge on any atom is -1.00 e. The molecular formula is C7H9NaO3S. The van der Waals surface area contributed by atoms with Crippen molar-refractivity contribution in [3.05, 3.63) is 30.3 Å². The van der Waals surface area contributed by atoms with E-state index in [1.165, 1.54) is 0 Å². The average molecular weight is 196 g/mol. The van der Waals surface area contributed by atoms with Gasteiger partial charge in [0.2, 0.25) is 0 Å². The third-order valence-corrected chi connectivity index (χ3v) is 1.49. The summed E-state index contributed by atoms with van der Waals surface area (Å²) in [6.07, 6.45) is 1.01. The summed E-state index contributed by atoms with van der Waals surface area (Å²) in [6.45, 7) is 0. The van der Waals surface area contributed by atoms with E-state index in [0.717, 1.165) is 6.26 Å². The molecule has 12 heavy (non-hydrogen) atoms. The predicted molar refractivity (Wildman–Crippen MR) is 43.0 cm³/mol. The maximum atomic E-state index is 10.6. The third-order valence-electron chi connectivity index (χ3n) is 0.991. The molecule has 0 amide bonds. The van der Waals surface area contributed by atoms with Crippen LogP contribution in [0.2, 0.25) is 0 Å². The van der Waals surface area contributed by atoms with Gasteiger partial charge in [0, 0.05) is 0 Å². The molecule has 5 heteroatoms. The van der Waals surface area contributed by atoms with E-state index in [1.54, 1.807) is 30.3 Å². The zero-order valence-electron chi connectivity index (χ0n) is 8.02. The molecule has 0 aliphatic carbocycles. The Labute approximate surface area is 95.6 Å². The molecule has 0 radical (unpaired) electrons. The molecule has 0 saturated heterocycles. The molecule has 0 heterocycles. The molecule has 62 valence electrons. The first kappa shape index (κ1) is 12.0. The summed E-state index contributed by atoms with van der Waals surface area (Å²) in [5.74, 6) is 0.343. The standard InChI is InChI=1S/C7H8O3S.Na.H/c1-11(8,9)10-7-5-3-2-4-6-7;;/h2-6H,1H3;;/q;+1;-1. The Hall–Kier alpha value is -0.0300. The van der Waals surface area contributed by atoms with Gasteiger partial charge in [-0.3, -0.25) is 0 Å². The van der Waals surface area contributed by atoms with E-state index >= 15 is 0 Å². The minimum absolute atomic E-state index is 0. The van der Waals surface area contributed by atoms with Gasteiger partial charge in [-0.25, -0.2) is 0 Å². The van der Waals surface area contributed by atoms with Crippen LogP contribution in [-0.2, 0) is 10.1 Å². The normalized spacial score (nSPS) is 10.1. The van der Waals surface area contributed by atoms with Crippen LogP contribution in [0.5, 0.6) is 5.75 Å². The van der Waals surface area contributed by atoms with Gasteiger partial charge >= 0.3 is 39.7 Å². The molecule has 3 nitrogen and oxygen atoms in total. The Morgan fingerprint density at radius 3 is 2.17 bits per heavy atom. The molecule has 0 aliphatic heterocycles. The minimum atomic E-state index is -3.38. The molecule has 0 atom stereocenters. The van der Waals surface area contributed by atoms with Crippen molar-refractivity contribution < 1.29 is 43.6 Å². The van der Waals surface area contributed by atoms with Crippen LogP contribution in [0.4, 0.5) is 0 Å². The molecule has 1 aromatic carbocycles. The predicted octanol–water partition coefficient (Wildman–Crippen LogP) is -1.86. The van der Waals surface area contributed by atoms with E-state index in [4.69, 9.17) is 0 Å². The third kappa shape index (κ3) is 4.77. The van der Waals surface area contributed by atoms with E-state index in [2.05, 4.69) is 4.18 Å². The Morgan fingerprint density at radius 2 is 1.75 bits per heavy atom. The van der Waals surface area contributed by atoms with Crippen LogP contribution in [0.15, 0.2) is 30.3 Å². The Balaban J connectivity index is 0. The quantitative estimate of drug-likeness (QED) is 0.411. The van der Waals surface area contributed by atoms with Crippen LogP contribution >= 0.6 is 0 Å². The Bertz CT molecular complexity index is 325. The second-order valence-electron chi connectivity index (χ2n) is 2.10. The second-order valence-corrected chi connectivity index (χ2v) is 3.68. The monoisotopic (exact) mass is 196 g/mol. The molecule has 0 saturated carbocycles. The summed E-state index contributed by atoms with van der Waals surface area (Å²) < 4.78 is 25.7. The number of benzene rings is 1. The van der Waals surface area contributed by atoms with Gasteiger partial charge in [0.1, 0.15) is 5.75 Å². The van der Waals surface area contributed by atoms with Crippen molar-refractivity contribution in [3.63, 3.8) is 0 Å². The van der Waals surface area contributed by atoms with Crippen LogP contribution in [0, 0.1) is 0 Å². The van der Waals surface area contributed by atoms with E-state index in [9.17, 15) is 8.42 Å². The zero-order chi connectivity index (χ0) is 8.32. The van der Waals surface area contributed by atoms with Gasteiger partial charge in [0.15, 0.2) is 0 Å². The van der Waals surface area contributed by atoms with Crippen LogP contribution in [-0.4, -0.2) is 14.7 Å². The first-order chi connectivity index (χ1) is 5.08. The summed E-state index contributed by atoms with van der Waals surface area (Å²) in [5.41, 5.74) is 0. The van der Waals surface area contributed by atoms with Crippen LogP contribution in [0.25, 0.3) is 0 Å². The van der Waals surface area contributed by atoms with Gasteiger partial charge in [-0.1, -0.05) is 18.2 Å². The molecule has 0 N–H and O–H groups in total. The first-order valence-electron chi connectivity index (χ1n) is 3.02. The smallest absolute Gasteiger partial charge is 1.00 e. The van der Waals surface area contributed by atoms with Crippen LogP contribution in [0.3, 0.4) is 0 Å². The van der Waals surface area contributed by atoms with Crippen molar-refractivity contribution in [2.75, 3.05) is 6.26 Å². The maximum absolute atomic E-state index is 10.6. The van der Waals surface area contributed by atoms with Crippen molar-refractivity contribution in [1.82, 2.24) is 0 Å². The summed E-state index contributed by atoms with van der Waals surface area (Å²) in [6, 6.07) is 8.37. The largest absolute Gasteiger partial charge is 1.00 e. The van der Waals surface area contributed by atoms with Crippen molar-refractivity contribution in [2.24, 2.45) is 0 Å². The maximum Gasteiger partial charge on any atom is 1.00 e. The summed E-state index contributed by atoms with van der Waals surface area (Å²) in [4.78, 5) is 0. The molecule has 1 rings (SSSR count). The molecule has 0 aliphatic rings. The van der Waals surface area contributed by atoms with Crippen molar-refractivity contribution in [3.8, 4) is 5.75 Å². The van der Waals surface area contributed by atoms with Gasteiger partial charge in [-0.15, -0.1) is 0 Å². The molecular weight excluding hydrogens is 187 g/mol. The molecule has 0 unspecified atom stereocenters. The van der Waals surface area contributed by atoms with Gasteiger partial charge in [0.05, 0.1) is 6.26 Å². The van der Waals surface area contributed by atoms with Gasteiger partial charge in [-0.2, -0.15) is 8.42 Å². The second kappa shape index (κ2) is 4.87. The molecule has 0 fully saturated rings. The summed E-state index contributed by atoms with van der Waals surface area (Å²) in [5, 5.41) is 0. The number of hydrogen-bond acceptors (Lipinski definition) is 3. The topological polar surface area (TPSA) is 43.4 Å². The van der Waals surface area contributed by atoms with E-state index in [0.29, 0.717) is 5.75 Å². The van der Waals surface area contributed by atoms with E-state index in [-0.39, 0.29) is 31.0 Å². The SMILES string of the molecule is CS(=O)(=O)Oc1ccccc1.[H-].[Na+]. The zero-order valence-corrected chi connectivity index (χ0v) is 9.84. The van der Waals surface area contributed by atoms with Crippen molar-refractivity contribution in [2.45, 2.75) is 0 Å². The fraction of sp³-hybridized carbons (Fsp3) is 0.143. The van der Waals surface area contributed by atoms with E-state index in [1.807, 2.05) is 0 Å². The number of hydrogen-bond donors (Lipinski definition) is 0. The number of para-hydroxylation sites is 1.